The molecule has 0 aliphatic carbocycles. The molecule has 0 N–H and O–H groups in total. The monoisotopic (exact) mass is 478 g/mol. The van der Waals surface area contributed by atoms with E-state index in [-0.39, 0.29) is 0 Å². The second kappa shape index (κ2) is 5.40. The van der Waals surface area contributed by atoms with Crippen molar-refractivity contribution in [3.63, 3.8) is 0 Å². The van der Waals surface area contributed by atoms with Gasteiger partial charge in [0, 0.05) is 0 Å². The van der Waals surface area contributed by atoms with Crippen molar-refractivity contribution in [1.29, 1.82) is 0 Å². The van der Waals surface area contributed by atoms with Crippen molar-refractivity contribution in [2.45, 2.75) is 30.1 Å². The zero-order valence-electron chi connectivity index (χ0n) is 9.12. The summed E-state index contributed by atoms with van der Waals surface area (Å²) in [6, 6.07) is 0. The third kappa shape index (κ3) is 3.47. The topological polar surface area (TPSA) is 0 Å². The number of halogens is 15. The minimum absolute atomic E-state index is 7.45. The molecule has 0 radical (unpaired) electrons. The van der Waals surface area contributed by atoms with Crippen LogP contribution in [0.15, 0.2) is 0 Å². The van der Waals surface area contributed by atoms with E-state index in [0.29, 0.717) is 0 Å². The van der Waals surface area contributed by atoms with E-state index in [1.54, 1.807) is 0 Å². The first-order valence-electron chi connectivity index (χ1n) is 4.26. The van der Waals surface area contributed by atoms with Gasteiger partial charge in [-0.05, 0) is 0 Å². The Balaban J connectivity index is 6.53. The molecule has 134 valence electrons. The molecule has 0 saturated heterocycles. The van der Waals surface area contributed by atoms with Gasteiger partial charge in [-0.2, -0.15) is 0 Å². The number of hydrogen-bond donors (Lipinski definition) is 0. The minimum atomic E-state index is -9.20. The molecule has 0 aromatic heterocycles. The van der Waals surface area contributed by atoms with Crippen LogP contribution in [0.2, 0.25) is 0 Å². The van der Waals surface area contributed by atoms with Gasteiger partial charge < -0.3 is 0 Å². The second-order valence-electron chi connectivity index (χ2n) is 3.45. The molecular formula is C6F15Sb. The van der Waals surface area contributed by atoms with E-state index < -0.39 is 50.3 Å². The van der Waals surface area contributed by atoms with Crippen LogP contribution in [0.25, 0.3) is 0 Å². The van der Waals surface area contributed by atoms with Crippen LogP contribution in [0.4, 0.5) is 65.9 Å². The van der Waals surface area contributed by atoms with Crippen molar-refractivity contribution in [3.8, 4) is 0 Å². The van der Waals surface area contributed by atoms with Crippen LogP contribution in [0.5, 0.6) is 0 Å². The van der Waals surface area contributed by atoms with Crippen LogP contribution in [0.1, 0.15) is 0 Å². The summed E-state index contributed by atoms with van der Waals surface area (Å²) in [5.74, 6) is 0. The summed E-state index contributed by atoms with van der Waals surface area (Å²) in [4.78, 5) is 0. The van der Waals surface area contributed by atoms with Crippen LogP contribution in [0, 0.1) is 0 Å². The Morgan fingerprint density at radius 1 is 0.318 bits per heavy atom. The van der Waals surface area contributed by atoms with Crippen LogP contribution in [0.3, 0.4) is 0 Å². The molecule has 0 aromatic carbocycles. The van der Waals surface area contributed by atoms with Gasteiger partial charge in [0.25, 0.3) is 0 Å². The second-order valence-corrected chi connectivity index (χ2v) is 10.2. The van der Waals surface area contributed by atoms with Crippen molar-refractivity contribution in [1.82, 2.24) is 0 Å². The summed E-state index contributed by atoms with van der Waals surface area (Å²) in [6.07, 6.45) is -22.3. The Bertz CT molecular complexity index is 334. The maximum absolute atomic E-state index is 12.6. The van der Waals surface area contributed by atoms with Crippen molar-refractivity contribution in [3.05, 3.63) is 0 Å². The molecule has 0 amide bonds. The molecule has 0 atom stereocenters. The average Bonchev–Trinajstić information content (AvgIpc) is 2.09. The third-order valence-corrected chi connectivity index (χ3v) is 8.85. The summed E-state index contributed by atoms with van der Waals surface area (Å²) < 4.78 is 160. The van der Waals surface area contributed by atoms with E-state index in [4.69, 9.17) is 0 Å². The third-order valence-electron chi connectivity index (χ3n) is 1.87. The van der Waals surface area contributed by atoms with E-state index in [1.807, 2.05) is 0 Å². The molecule has 0 nitrogen and oxygen atoms in total. The molecule has 0 aliphatic rings. The van der Waals surface area contributed by atoms with Crippen LogP contribution in [-0.2, 0) is 0 Å². The Hall–Kier alpha value is -0.232. The first-order chi connectivity index (χ1) is 9.12. The SMILES string of the molecule is FC(F)(F)[C](F)(F)[Sb]([C](F)(F)C(F)(F)F)[C](F)(F)C(F)(F)F. The summed E-state index contributed by atoms with van der Waals surface area (Å²) in [5.41, 5.74) is 0. The molecule has 0 spiro atoms. The molecule has 16 heteroatoms. The van der Waals surface area contributed by atoms with Crippen molar-refractivity contribution < 1.29 is 65.9 Å². The Morgan fingerprint density at radius 3 is 0.545 bits per heavy atom. The fourth-order valence-electron chi connectivity index (χ4n) is 0.909. The molecule has 0 saturated carbocycles. The number of alkyl halides is 15. The number of hydrogen-bond acceptors (Lipinski definition) is 0. The average molecular weight is 479 g/mol. The molecule has 0 fully saturated rings. The fourth-order valence-corrected chi connectivity index (χ4v) is 6.10. The van der Waals surface area contributed by atoms with Gasteiger partial charge in [0.15, 0.2) is 0 Å². The van der Waals surface area contributed by atoms with Crippen LogP contribution >= 0.6 is 0 Å². The first kappa shape index (κ1) is 21.8. The summed E-state index contributed by atoms with van der Waals surface area (Å²) >= 11 is -9.20. The quantitative estimate of drug-likeness (QED) is 0.408. The van der Waals surface area contributed by atoms with Gasteiger partial charge in [-0.3, -0.25) is 0 Å². The van der Waals surface area contributed by atoms with Gasteiger partial charge in [-0.25, -0.2) is 0 Å². The van der Waals surface area contributed by atoms with Gasteiger partial charge in [0.2, 0.25) is 0 Å². The molecule has 0 bridgehead atoms. The normalized spacial score (nSPS) is 16.4. The van der Waals surface area contributed by atoms with Gasteiger partial charge in [0.05, 0.1) is 0 Å². The van der Waals surface area contributed by atoms with Crippen LogP contribution < -0.4 is 0 Å². The standard InChI is InChI=1S/3C2F5.Sb/c3*3-1(4)2(5,6)7;. The summed E-state index contributed by atoms with van der Waals surface area (Å²) in [6.45, 7) is 0. The van der Waals surface area contributed by atoms with Crippen molar-refractivity contribution >= 4 is 20.2 Å². The predicted octanol–water partition coefficient (Wildman–Crippen LogP) is 4.69. The Morgan fingerprint density at radius 2 is 0.455 bits per heavy atom. The first-order valence-corrected chi connectivity index (χ1v) is 8.08. The molecule has 0 rings (SSSR count). The van der Waals surface area contributed by atoms with Gasteiger partial charge in [-0.1, -0.05) is 0 Å². The van der Waals surface area contributed by atoms with Crippen molar-refractivity contribution in [2.75, 3.05) is 0 Å². The predicted molar refractivity (Wildman–Crippen MR) is 38.8 cm³/mol. The zero-order chi connectivity index (χ0) is 18.6. The molecule has 22 heavy (non-hydrogen) atoms. The molecule has 0 aliphatic heterocycles. The van der Waals surface area contributed by atoms with Gasteiger partial charge in [0.1, 0.15) is 0 Å². The maximum atomic E-state index is 12.6. The summed E-state index contributed by atoms with van der Waals surface area (Å²) in [7, 11) is 0. The van der Waals surface area contributed by atoms with Gasteiger partial charge in [-0.15, -0.1) is 0 Å². The molecule has 0 aromatic rings. The van der Waals surface area contributed by atoms with E-state index >= 15 is 0 Å². The molecule has 0 unspecified atom stereocenters. The zero-order valence-corrected chi connectivity index (χ0v) is 11.7. The fraction of sp³-hybridized carbons (Fsp3) is 1.00. The van der Waals surface area contributed by atoms with E-state index in [0.717, 1.165) is 0 Å². The molecular weight excluding hydrogens is 479 g/mol. The Kier molecular flexibility index (Phi) is 5.34. The van der Waals surface area contributed by atoms with E-state index in [2.05, 4.69) is 0 Å². The van der Waals surface area contributed by atoms with Crippen LogP contribution in [-0.4, -0.2) is 50.3 Å². The van der Waals surface area contributed by atoms with E-state index in [1.165, 1.54) is 0 Å². The van der Waals surface area contributed by atoms with Crippen molar-refractivity contribution in [2.24, 2.45) is 0 Å². The Labute approximate surface area is 117 Å². The van der Waals surface area contributed by atoms with E-state index in [9.17, 15) is 65.9 Å². The number of rotatable bonds is 3. The van der Waals surface area contributed by atoms with Gasteiger partial charge >= 0.3 is 116 Å². The molecule has 0 heterocycles. The summed E-state index contributed by atoms with van der Waals surface area (Å²) in [5, 5.41) is 0.